The molecule has 0 saturated carbocycles. The first-order chi connectivity index (χ1) is 20.3. The van der Waals surface area contributed by atoms with E-state index in [1.165, 1.54) is 0 Å². The van der Waals surface area contributed by atoms with Crippen molar-refractivity contribution >= 4 is 84.3 Å². The van der Waals surface area contributed by atoms with E-state index < -0.39 is 122 Å². The lowest BCUT2D eigenvalue weighted by Crippen LogP contribution is -2.16. The molecule has 0 heterocycles. The average Bonchev–Trinajstić information content (AvgIpc) is 2.84. The Bertz CT molecular complexity index is 2320. The number of hydrogen-bond acceptors (Lipinski definition) is 15. The maximum atomic E-state index is 12.5. The van der Waals surface area contributed by atoms with Crippen LogP contribution in [-0.2, 0) is 59.6 Å². The van der Waals surface area contributed by atoms with Gasteiger partial charge in [0, 0.05) is 12.3 Å². The van der Waals surface area contributed by atoms with Gasteiger partial charge < -0.3 is 10.4 Å². The minimum atomic E-state index is -5.35. The monoisotopic (exact) mass is 733 g/mol. The number of carbonyl (C=O) groups excluding carboxylic acids is 1. The van der Waals surface area contributed by atoms with Crippen LogP contribution in [0, 0.1) is 0 Å². The molecule has 1 amide bonds. The van der Waals surface area contributed by atoms with Crippen LogP contribution in [0.4, 0.5) is 17.1 Å². The highest BCUT2D eigenvalue weighted by Gasteiger charge is 2.27. The summed E-state index contributed by atoms with van der Waals surface area (Å²) in [5, 5.41) is 19.0. The minimum Gasteiger partial charge on any atom is -0.505 e. The molecule has 0 aliphatic rings. The van der Waals surface area contributed by atoms with E-state index >= 15 is 0 Å². The molecule has 0 saturated heterocycles. The van der Waals surface area contributed by atoms with E-state index in [1.807, 2.05) is 0 Å². The largest absolute Gasteiger partial charge is 0.505 e. The minimum absolute atomic E-state index is 0.363. The van der Waals surface area contributed by atoms with Crippen molar-refractivity contribution in [1.29, 1.82) is 0 Å². The van der Waals surface area contributed by atoms with Crippen LogP contribution < -0.4 is 5.32 Å². The third-order valence-corrected chi connectivity index (χ3v) is 10.1. The van der Waals surface area contributed by atoms with Crippen molar-refractivity contribution in [2.24, 2.45) is 10.2 Å². The van der Waals surface area contributed by atoms with Crippen LogP contribution in [0.5, 0.6) is 5.75 Å². The molecule has 3 aromatic carbocycles. The van der Waals surface area contributed by atoms with E-state index in [9.17, 15) is 65.6 Å². The highest BCUT2D eigenvalue weighted by Crippen LogP contribution is 2.45. The zero-order chi connectivity index (χ0) is 34.3. The van der Waals surface area contributed by atoms with Crippen molar-refractivity contribution in [1.82, 2.24) is 0 Å². The number of azo groups is 1. The van der Waals surface area contributed by atoms with Crippen molar-refractivity contribution in [3.05, 3.63) is 36.4 Å². The first-order valence-corrected chi connectivity index (χ1v) is 18.6. The summed E-state index contributed by atoms with van der Waals surface area (Å²) in [4.78, 5) is 7.55. The summed E-state index contributed by atoms with van der Waals surface area (Å²) < 4.78 is 160. The number of fused-ring (bicyclic) bond motifs is 1. The molecule has 0 bridgehead atoms. The Morgan fingerprint density at radius 1 is 0.778 bits per heavy atom. The Kier molecular flexibility index (Phi) is 9.76. The van der Waals surface area contributed by atoms with Crippen molar-refractivity contribution in [3.63, 3.8) is 0 Å². The fourth-order valence-electron chi connectivity index (χ4n) is 3.64. The zero-order valence-corrected chi connectivity index (χ0v) is 26.0. The van der Waals surface area contributed by atoms with Gasteiger partial charge in [0.05, 0.1) is 27.8 Å². The maximum absolute atomic E-state index is 12.5. The van der Waals surface area contributed by atoms with Crippen LogP contribution >= 0.6 is 0 Å². The quantitative estimate of drug-likeness (QED) is 0.119. The highest BCUT2D eigenvalue weighted by molar-refractivity contribution is 7.91. The Hall–Kier alpha value is -3.66. The van der Waals surface area contributed by atoms with Gasteiger partial charge in [0.2, 0.25) is 5.91 Å². The summed E-state index contributed by atoms with van der Waals surface area (Å²) in [7, 11) is -25.2. The molecule has 3 aromatic rings. The van der Waals surface area contributed by atoms with Crippen molar-refractivity contribution in [2.45, 2.75) is 26.5 Å². The Morgan fingerprint density at radius 3 is 1.89 bits per heavy atom. The van der Waals surface area contributed by atoms with Gasteiger partial charge in [0.25, 0.3) is 30.4 Å². The molecule has 0 aliphatic carbocycles. The molecular weight excluding hydrogens is 715 g/mol. The van der Waals surface area contributed by atoms with E-state index in [0.717, 1.165) is 6.92 Å². The summed E-state index contributed by atoms with van der Waals surface area (Å²) in [6.07, 6.45) is 0. The first kappa shape index (κ1) is 35.8. The molecule has 0 aliphatic heterocycles. The Labute approximate surface area is 254 Å². The van der Waals surface area contributed by atoms with Gasteiger partial charge in [-0.25, -0.2) is 12.6 Å². The summed E-state index contributed by atoms with van der Waals surface area (Å²) in [6.45, 7) is -0.117. The van der Waals surface area contributed by atoms with Crippen molar-refractivity contribution in [3.8, 4) is 5.75 Å². The van der Waals surface area contributed by atoms with Crippen LogP contribution in [-0.4, -0.2) is 83.7 Å². The number of nitrogens with one attached hydrogen (secondary N) is 1. The molecule has 45 heavy (non-hydrogen) atoms. The summed E-state index contributed by atoms with van der Waals surface area (Å²) >= 11 is 0. The number of amides is 1. The number of carbonyl (C=O) groups is 1. The van der Waals surface area contributed by atoms with Gasteiger partial charge in [-0.15, -0.1) is 10.2 Å². The number of benzene rings is 3. The van der Waals surface area contributed by atoms with E-state index in [1.54, 1.807) is 0 Å². The molecule has 0 spiro atoms. The highest BCUT2D eigenvalue weighted by atomic mass is 32.3. The SMILES string of the molecule is CC(=O)Nc1cc(S(=O)(=O)O)cc2cc(S(=O)(=O)O)c(N=Nc3ccc(S(=O)(=O)CCOS(=O)(=O)O)cc3S(=O)(=O)O)c(O)c12. The molecule has 0 radical (unpaired) electrons. The topological polar surface area (TPSA) is 335 Å². The van der Waals surface area contributed by atoms with Gasteiger partial charge in [-0.2, -0.15) is 33.7 Å². The average molecular weight is 734 g/mol. The van der Waals surface area contributed by atoms with Crippen LogP contribution in [0.3, 0.4) is 0 Å². The molecule has 6 N–H and O–H groups in total. The number of phenolic OH excluding ortho intramolecular Hbond substituents is 1. The molecule has 0 unspecified atom stereocenters. The van der Waals surface area contributed by atoms with Gasteiger partial charge in [-0.3, -0.25) is 23.0 Å². The number of phenols is 1. The molecule has 246 valence electrons. The normalized spacial score (nSPS) is 13.4. The van der Waals surface area contributed by atoms with Crippen molar-refractivity contribution < 1.29 is 74.4 Å². The van der Waals surface area contributed by atoms with Crippen LogP contribution in [0.2, 0.25) is 0 Å². The third-order valence-electron chi connectivity index (χ3n) is 5.42. The fourth-order valence-corrected chi connectivity index (χ4v) is 7.07. The molecule has 3 rings (SSSR count). The second kappa shape index (κ2) is 12.3. The van der Waals surface area contributed by atoms with Gasteiger partial charge in [0.1, 0.15) is 21.2 Å². The molecule has 0 atom stereocenters. The lowest BCUT2D eigenvalue weighted by Gasteiger charge is -2.14. The van der Waals surface area contributed by atoms with Crippen LogP contribution in [0.15, 0.2) is 66.2 Å². The van der Waals surface area contributed by atoms with Gasteiger partial charge in [-0.1, -0.05) is 0 Å². The summed E-state index contributed by atoms with van der Waals surface area (Å²) in [5.41, 5.74) is -2.48. The lowest BCUT2D eigenvalue weighted by atomic mass is 10.1. The number of nitrogens with zero attached hydrogens (tertiary/aromatic N) is 2. The predicted octanol–water partition coefficient (Wildman–Crippen LogP) is 1.25. The predicted molar refractivity (Wildman–Crippen MR) is 150 cm³/mol. The zero-order valence-electron chi connectivity index (χ0n) is 21.9. The molecule has 0 fully saturated rings. The first-order valence-electron chi connectivity index (χ1n) is 11.3. The smallest absolute Gasteiger partial charge is 0.397 e. The van der Waals surface area contributed by atoms with E-state index in [4.69, 9.17) is 4.55 Å². The number of anilines is 1. The number of sulfone groups is 1. The third kappa shape index (κ3) is 8.75. The van der Waals surface area contributed by atoms with E-state index in [2.05, 4.69) is 19.7 Å². The Balaban J connectivity index is 2.29. The maximum Gasteiger partial charge on any atom is 0.397 e. The van der Waals surface area contributed by atoms with E-state index in [-0.39, 0.29) is 0 Å². The molecule has 0 aromatic heterocycles. The molecule has 20 nitrogen and oxygen atoms in total. The van der Waals surface area contributed by atoms with Crippen molar-refractivity contribution in [2.75, 3.05) is 17.7 Å². The van der Waals surface area contributed by atoms with Gasteiger partial charge in [0.15, 0.2) is 15.6 Å². The second-order valence-electron chi connectivity index (χ2n) is 8.65. The number of rotatable bonds is 11. The fraction of sp³-hybridized carbons (Fsp3) is 0.150. The van der Waals surface area contributed by atoms with E-state index in [0.29, 0.717) is 36.4 Å². The van der Waals surface area contributed by atoms with Gasteiger partial charge >= 0.3 is 10.4 Å². The Morgan fingerprint density at radius 2 is 1.38 bits per heavy atom. The van der Waals surface area contributed by atoms with Crippen LogP contribution in [0.1, 0.15) is 6.92 Å². The number of aromatic hydroxyl groups is 1. The van der Waals surface area contributed by atoms with Gasteiger partial charge in [-0.05, 0) is 41.8 Å². The number of hydrogen-bond donors (Lipinski definition) is 6. The molecule has 25 heteroatoms. The molecular formula is C20H19N3O17S5. The summed E-state index contributed by atoms with van der Waals surface area (Å²) in [6, 6.07) is 3.64. The second-order valence-corrected chi connectivity index (χ2v) is 16.0. The standard InChI is InChI=1S/C20H19N3O17S5/c1-10(24)21-15-8-13(42(28,29)30)6-11-7-17(44(34,35)36)19(20(25)18(11)15)23-22-14-3-2-12(9-16(14)43(31,32)33)41(26,27)5-4-40-45(37,38)39/h2-3,6-9,25H,4-5H2,1H3,(H,21,24)(H,28,29,30)(H,31,32,33)(H,34,35,36)(H,37,38,39). The van der Waals surface area contributed by atoms with Crippen LogP contribution in [0.25, 0.3) is 10.8 Å². The lowest BCUT2D eigenvalue weighted by molar-refractivity contribution is -0.114. The summed E-state index contributed by atoms with van der Waals surface area (Å²) in [5.74, 6) is -3.11.